The van der Waals surface area contributed by atoms with Crippen LogP contribution in [0.25, 0.3) is 16.5 Å². The Kier molecular flexibility index (Phi) is 7.39. The number of nitrogens with zero attached hydrogens (tertiary/aromatic N) is 4. The van der Waals surface area contributed by atoms with E-state index < -0.39 is 0 Å². The van der Waals surface area contributed by atoms with Crippen molar-refractivity contribution in [3.05, 3.63) is 47.8 Å². The predicted octanol–water partition coefficient (Wildman–Crippen LogP) is 2.87. The smallest absolute Gasteiger partial charge is 0.290 e. The van der Waals surface area contributed by atoms with Crippen LogP contribution < -0.4 is 15.4 Å². The molecule has 0 saturated carbocycles. The number of hydrogen-bond acceptors (Lipinski definition) is 7. The van der Waals surface area contributed by atoms with Crippen LogP contribution in [-0.2, 0) is 11.8 Å². The molecule has 0 fully saturated rings. The highest BCUT2D eigenvalue weighted by molar-refractivity contribution is 6.08. The number of benzene rings is 1. The van der Waals surface area contributed by atoms with Gasteiger partial charge in [0, 0.05) is 36.8 Å². The quantitative estimate of drug-likeness (QED) is 0.504. The fourth-order valence-corrected chi connectivity index (χ4v) is 3.66. The van der Waals surface area contributed by atoms with Crippen LogP contribution in [0.15, 0.2) is 36.5 Å². The molecule has 0 unspecified atom stereocenters. The third-order valence-electron chi connectivity index (χ3n) is 5.01. The summed E-state index contributed by atoms with van der Waals surface area (Å²) in [6.07, 6.45) is 4.94. The van der Waals surface area contributed by atoms with Crippen molar-refractivity contribution in [3.63, 3.8) is 0 Å². The van der Waals surface area contributed by atoms with Crippen molar-refractivity contribution < 1.29 is 19.4 Å². The topological polar surface area (TPSA) is 131 Å². The number of anilines is 1. The zero-order chi connectivity index (χ0) is 24.0. The minimum atomic E-state index is -0.298. The van der Waals surface area contributed by atoms with Crippen molar-refractivity contribution in [1.82, 2.24) is 25.3 Å². The molecule has 174 valence electrons. The molecule has 1 aliphatic rings. The largest absolute Gasteiger partial charge is 0.493 e. The Morgan fingerprint density at radius 1 is 1.33 bits per heavy atom. The lowest BCUT2D eigenvalue weighted by atomic mass is 9.93. The highest BCUT2D eigenvalue weighted by atomic mass is 16.5. The molecule has 0 atom stereocenters. The molecule has 3 N–H and O–H groups in total. The van der Waals surface area contributed by atoms with Crippen molar-refractivity contribution in [2.24, 2.45) is 7.05 Å². The van der Waals surface area contributed by atoms with Crippen LogP contribution in [0.2, 0.25) is 0 Å². The molecule has 10 heteroatoms. The van der Waals surface area contributed by atoms with Crippen molar-refractivity contribution in [2.45, 2.75) is 32.7 Å². The predicted molar refractivity (Wildman–Crippen MR) is 125 cm³/mol. The number of nitrogens with one attached hydrogen (secondary N) is 2. The van der Waals surface area contributed by atoms with Crippen LogP contribution in [0.1, 0.15) is 43.2 Å². The Bertz CT molecular complexity index is 1170. The Morgan fingerprint density at radius 3 is 2.73 bits per heavy atom. The standard InChI is InChI=1S/C22H26N6O2.CH2O2/c1-5-30-19-11-18-15(13-28(4)27-18)10-16(19)21(29)24-20-7-6-17(25-26-20)14-8-9-23-22(2,3)12-14;2-1-3/h6-7,10-13,23H,5,8-9H2,1-4H3,(H,24,26,29);1H,(H,2,3). The van der Waals surface area contributed by atoms with Gasteiger partial charge in [-0.05, 0) is 51.0 Å². The number of fused-ring (bicyclic) bond motifs is 1. The molecule has 0 saturated heterocycles. The Hall–Kier alpha value is -3.79. The van der Waals surface area contributed by atoms with E-state index in [1.165, 1.54) is 0 Å². The van der Waals surface area contributed by atoms with Gasteiger partial charge in [0.15, 0.2) is 5.82 Å². The molecule has 0 bridgehead atoms. The van der Waals surface area contributed by atoms with Gasteiger partial charge >= 0.3 is 0 Å². The summed E-state index contributed by atoms with van der Waals surface area (Å²) in [6, 6.07) is 7.24. The molecule has 4 rings (SSSR count). The normalized spacial score (nSPS) is 14.6. The van der Waals surface area contributed by atoms with Crippen LogP contribution in [0, 0.1) is 0 Å². The van der Waals surface area contributed by atoms with Crippen LogP contribution in [-0.4, -0.2) is 56.2 Å². The zero-order valence-corrected chi connectivity index (χ0v) is 19.1. The van der Waals surface area contributed by atoms with Gasteiger partial charge in [-0.3, -0.25) is 14.3 Å². The molecule has 1 amide bonds. The molecule has 3 heterocycles. The van der Waals surface area contributed by atoms with E-state index in [-0.39, 0.29) is 17.9 Å². The van der Waals surface area contributed by atoms with Gasteiger partial charge in [0.1, 0.15) is 5.75 Å². The number of aryl methyl sites for hydroxylation is 1. The molecule has 10 nitrogen and oxygen atoms in total. The molecule has 1 aliphatic heterocycles. The van der Waals surface area contributed by atoms with Crippen molar-refractivity contribution in [1.29, 1.82) is 0 Å². The van der Waals surface area contributed by atoms with Gasteiger partial charge in [-0.15, -0.1) is 10.2 Å². The molecule has 0 spiro atoms. The summed E-state index contributed by atoms with van der Waals surface area (Å²) in [5, 5.41) is 26.9. The van der Waals surface area contributed by atoms with Crippen molar-refractivity contribution in [2.75, 3.05) is 18.5 Å². The Balaban J connectivity index is 0.000000968. The first-order valence-electron chi connectivity index (χ1n) is 10.6. The SMILES string of the molecule is CCOc1cc2nn(C)cc2cc1C(=O)Nc1ccc(C2=CC(C)(C)NCC2)nn1.O=CO. The lowest BCUT2D eigenvalue weighted by molar-refractivity contribution is -0.122. The first-order valence-corrected chi connectivity index (χ1v) is 10.6. The minimum Gasteiger partial charge on any atom is -0.493 e. The summed E-state index contributed by atoms with van der Waals surface area (Å²) in [7, 11) is 1.84. The number of rotatable bonds is 5. The van der Waals surface area contributed by atoms with Crippen LogP contribution in [0.5, 0.6) is 5.75 Å². The number of carbonyl (C=O) groups is 2. The second-order valence-electron chi connectivity index (χ2n) is 8.07. The third kappa shape index (κ3) is 5.92. The van der Waals surface area contributed by atoms with E-state index in [1.807, 2.05) is 26.2 Å². The van der Waals surface area contributed by atoms with E-state index in [0.717, 1.165) is 35.1 Å². The monoisotopic (exact) mass is 452 g/mol. The number of amides is 1. The molecular formula is C23H28N6O4. The van der Waals surface area contributed by atoms with Gasteiger partial charge in [0.2, 0.25) is 0 Å². The van der Waals surface area contributed by atoms with Gasteiger partial charge in [0.05, 0.1) is 23.4 Å². The summed E-state index contributed by atoms with van der Waals surface area (Å²) in [5.41, 5.74) is 3.13. The first kappa shape index (κ1) is 23.9. The van der Waals surface area contributed by atoms with Crippen molar-refractivity contribution in [3.8, 4) is 5.75 Å². The van der Waals surface area contributed by atoms with E-state index in [9.17, 15) is 4.79 Å². The van der Waals surface area contributed by atoms with Crippen LogP contribution in [0.3, 0.4) is 0 Å². The lowest BCUT2D eigenvalue weighted by Crippen LogP contribution is -2.41. The van der Waals surface area contributed by atoms with Gasteiger partial charge < -0.3 is 20.5 Å². The molecule has 1 aromatic carbocycles. The molecular weight excluding hydrogens is 424 g/mol. The average molecular weight is 453 g/mol. The maximum absolute atomic E-state index is 12.9. The maximum atomic E-state index is 12.9. The minimum absolute atomic E-state index is 0.0667. The highest BCUT2D eigenvalue weighted by Gasteiger charge is 2.21. The summed E-state index contributed by atoms with van der Waals surface area (Å²) >= 11 is 0. The Morgan fingerprint density at radius 2 is 2.09 bits per heavy atom. The summed E-state index contributed by atoms with van der Waals surface area (Å²) in [6.45, 7) is 7.24. The molecule has 0 radical (unpaired) electrons. The van der Waals surface area contributed by atoms with Crippen molar-refractivity contribution >= 4 is 34.7 Å². The van der Waals surface area contributed by atoms with Gasteiger partial charge in [-0.25, -0.2) is 0 Å². The summed E-state index contributed by atoms with van der Waals surface area (Å²) in [4.78, 5) is 21.3. The van der Waals surface area contributed by atoms with E-state index in [4.69, 9.17) is 14.6 Å². The van der Waals surface area contributed by atoms with Crippen LogP contribution >= 0.6 is 0 Å². The zero-order valence-electron chi connectivity index (χ0n) is 19.1. The van der Waals surface area contributed by atoms with E-state index in [1.54, 1.807) is 22.9 Å². The number of hydrogen-bond donors (Lipinski definition) is 3. The number of aromatic nitrogens is 4. The van der Waals surface area contributed by atoms with Gasteiger partial charge in [0.25, 0.3) is 12.4 Å². The number of ether oxygens (including phenoxy) is 1. The summed E-state index contributed by atoms with van der Waals surface area (Å²) in [5.74, 6) is 0.590. The van der Waals surface area contributed by atoms with E-state index in [0.29, 0.717) is 23.7 Å². The molecule has 33 heavy (non-hydrogen) atoms. The number of carboxylic acid groups (broad SMARTS) is 1. The molecule has 0 aliphatic carbocycles. The van der Waals surface area contributed by atoms with Crippen LogP contribution in [0.4, 0.5) is 5.82 Å². The van der Waals surface area contributed by atoms with Gasteiger partial charge in [-0.2, -0.15) is 5.10 Å². The van der Waals surface area contributed by atoms with E-state index in [2.05, 4.69) is 45.9 Å². The highest BCUT2D eigenvalue weighted by Crippen LogP contribution is 2.27. The maximum Gasteiger partial charge on any atom is 0.290 e. The number of carbonyl (C=O) groups excluding carboxylic acids is 1. The fraction of sp³-hybridized carbons (Fsp3) is 0.348. The molecule has 3 aromatic rings. The average Bonchev–Trinajstić information content (AvgIpc) is 3.12. The van der Waals surface area contributed by atoms with Gasteiger partial charge in [-0.1, -0.05) is 6.08 Å². The lowest BCUT2D eigenvalue weighted by Gasteiger charge is -2.28. The third-order valence-corrected chi connectivity index (χ3v) is 5.01. The molecule has 2 aromatic heterocycles. The van der Waals surface area contributed by atoms with E-state index >= 15 is 0 Å². The fourth-order valence-electron chi connectivity index (χ4n) is 3.66. The first-order chi connectivity index (χ1) is 15.8. The second kappa shape index (κ2) is 10.2. The second-order valence-corrected chi connectivity index (χ2v) is 8.07. The Labute approximate surface area is 191 Å². The summed E-state index contributed by atoms with van der Waals surface area (Å²) < 4.78 is 7.38.